The van der Waals surface area contributed by atoms with Crippen molar-refractivity contribution in [1.29, 1.82) is 0 Å². The number of amides is 1. The van der Waals surface area contributed by atoms with Gasteiger partial charge in [0.15, 0.2) is 17.4 Å². The Bertz CT molecular complexity index is 1040. The number of Topliss-reactive ketones (excluding diaryl/α,β-unsaturated/α-hetero) is 1. The third-order valence-electron chi connectivity index (χ3n) is 4.42. The van der Waals surface area contributed by atoms with Crippen LogP contribution in [0.1, 0.15) is 22.0 Å². The summed E-state index contributed by atoms with van der Waals surface area (Å²) in [5, 5.41) is 0. The van der Waals surface area contributed by atoms with E-state index in [2.05, 4.69) is 4.98 Å². The molecule has 1 atom stereocenters. The molecule has 28 heavy (non-hydrogen) atoms. The Morgan fingerprint density at radius 1 is 1.07 bits per heavy atom. The van der Waals surface area contributed by atoms with E-state index in [0.717, 1.165) is 0 Å². The molecule has 0 spiro atoms. The standard InChI is InChI=1S/C21H16FN3O3/c22-15-8-6-13(7-9-15)16(26)12-25-20-17(10-11-18(23)24-20)28-19(21(25)27)14-4-2-1-3-5-14/h1-11,19H,12H2,(H2,23,24). The number of pyridine rings is 1. The highest BCUT2D eigenvalue weighted by Gasteiger charge is 2.37. The van der Waals surface area contributed by atoms with Gasteiger partial charge in [0.25, 0.3) is 5.91 Å². The molecule has 0 radical (unpaired) electrons. The molecule has 6 nitrogen and oxygen atoms in total. The van der Waals surface area contributed by atoms with Crippen LogP contribution in [0.3, 0.4) is 0 Å². The smallest absolute Gasteiger partial charge is 0.274 e. The molecule has 2 heterocycles. The first-order valence-corrected chi connectivity index (χ1v) is 8.61. The summed E-state index contributed by atoms with van der Waals surface area (Å²) in [5.74, 6) is -0.470. The van der Waals surface area contributed by atoms with Gasteiger partial charge < -0.3 is 10.5 Å². The lowest BCUT2D eigenvalue weighted by atomic mass is 10.1. The predicted molar refractivity (Wildman–Crippen MR) is 102 cm³/mol. The van der Waals surface area contributed by atoms with Crippen LogP contribution in [0.4, 0.5) is 16.0 Å². The molecule has 1 aliphatic heterocycles. The van der Waals surface area contributed by atoms with Gasteiger partial charge in [-0.15, -0.1) is 0 Å². The molecule has 1 unspecified atom stereocenters. The Hall–Kier alpha value is -3.74. The summed E-state index contributed by atoms with van der Waals surface area (Å²) in [6.45, 7) is -0.263. The lowest BCUT2D eigenvalue weighted by Gasteiger charge is -2.33. The quantitative estimate of drug-likeness (QED) is 0.706. The molecule has 0 saturated carbocycles. The first-order chi connectivity index (χ1) is 13.5. The van der Waals surface area contributed by atoms with Gasteiger partial charge in [-0.25, -0.2) is 9.37 Å². The van der Waals surface area contributed by atoms with Crippen molar-refractivity contribution in [2.75, 3.05) is 17.2 Å². The molecule has 1 amide bonds. The lowest BCUT2D eigenvalue weighted by molar-refractivity contribution is -0.126. The molecule has 2 aromatic carbocycles. The van der Waals surface area contributed by atoms with Gasteiger partial charge in [-0.3, -0.25) is 14.5 Å². The summed E-state index contributed by atoms with van der Waals surface area (Å²) < 4.78 is 19.0. The largest absolute Gasteiger partial charge is 0.472 e. The summed E-state index contributed by atoms with van der Waals surface area (Å²) in [6, 6.07) is 17.3. The Morgan fingerprint density at radius 3 is 2.50 bits per heavy atom. The minimum absolute atomic E-state index is 0.188. The third-order valence-corrected chi connectivity index (χ3v) is 4.42. The second-order valence-corrected chi connectivity index (χ2v) is 6.32. The Morgan fingerprint density at radius 2 is 1.79 bits per heavy atom. The highest BCUT2D eigenvalue weighted by atomic mass is 19.1. The van der Waals surface area contributed by atoms with Crippen LogP contribution < -0.4 is 15.4 Å². The number of carbonyl (C=O) groups excluding carboxylic acids is 2. The van der Waals surface area contributed by atoms with Gasteiger partial charge in [0.05, 0.1) is 6.54 Å². The van der Waals surface area contributed by atoms with Gasteiger partial charge in [0.1, 0.15) is 11.6 Å². The number of aromatic nitrogens is 1. The zero-order valence-corrected chi connectivity index (χ0v) is 14.7. The van der Waals surface area contributed by atoms with Crippen LogP contribution in [0.2, 0.25) is 0 Å². The minimum Gasteiger partial charge on any atom is -0.472 e. The van der Waals surface area contributed by atoms with E-state index in [-0.39, 0.29) is 24.0 Å². The Labute approximate surface area is 160 Å². The first-order valence-electron chi connectivity index (χ1n) is 8.61. The van der Waals surface area contributed by atoms with Crippen LogP contribution in [0.5, 0.6) is 5.75 Å². The number of benzene rings is 2. The van der Waals surface area contributed by atoms with Gasteiger partial charge in [0, 0.05) is 11.1 Å². The summed E-state index contributed by atoms with van der Waals surface area (Å²) in [6.07, 6.45) is -0.903. The van der Waals surface area contributed by atoms with E-state index in [4.69, 9.17) is 10.5 Å². The van der Waals surface area contributed by atoms with Crippen LogP contribution in [0.15, 0.2) is 66.7 Å². The Balaban J connectivity index is 1.71. The van der Waals surface area contributed by atoms with Gasteiger partial charge in [0.2, 0.25) is 6.10 Å². The maximum Gasteiger partial charge on any atom is 0.274 e. The number of halogens is 1. The fourth-order valence-corrected chi connectivity index (χ4v) is 3.02. The van der Waals surface area contributed by atoms with E-state index >= 15 is 0 Å². The lowest BCUT2D eigenvalue weighted by Crippen LogP contribution is -2.44. The summed E-state index contributed by atoms with van der Waals surface area (Å²) >= 11 is 0. The second-order valence-electron chi connectivity index (χ2n) is 6.32. The molecular weight excluding hydrogens is 361 g/mol. The number of carbonyl (C=O) groups is 2. The third kappa shape index (κ3) is 3.29. The molecule has 140 valence electrons. The molecule has 0 bridgehead atoms. The van der Waals surface area contributed by atoms with Crippen LogP contribution in [0.25, 0.3) is 0 Å². The summed E-state index contributed by atoms with van der Waals surface area (Å²) in [4.78, 5) is 31.3. The van der Waals surface area contributed by atoms with Crippen molar-refractivity contribution in [3.63, 3.8) is 0 Å². The maximum absolute atomic E-state index is 13.1. The number of nitrogens with zero attached hydrogens (tertiary/aromatic N) is 2. The molecule has 3 aromatic rings. The van der Waals surface area contributed by atoms with Crippen LogP contribution in [-0.2, 0) is 4.79 Å². The van der Waals surface area contributed by atoms with Crippen LogP contribution in [0, 0.1) is 5.82 Å². The second kappa shape index (κ2) is 7.11. The minimum atomic E-state index is -0.903. The molecule has 1 aromatic heterocycles. The SMILES string of the molecule is Nc1ccc2c(n1)N(CC(=O)c1ccc(F)cc1)C(=O)C(c1ccccc1)O2. The molecule has 0 aliphatic carbocycles. The number of hydrogen-bond acceptors (Lipinski definition) is 5. The molecule has 7 heteroatoms. The van der Waals surface area contributed by atoms with Crippen LogP contribution in [-0.4, -0.2) is 23.2 Å². The van der Waals surface area contributed by atoms with Crippen molar-refractivity contribution in [2.45, 2.75) is 6.10 Å². The van der Waals surface area contributed by atoms with E-state index in [1.165, 1.54) is 29.2 Å². The number of fused-ring (bicyclic) bond motifs is 1. The fourth-order valence-electron chi connectivity index (χ4n) is 3.02. The van der Waals surface area contributed by atoms with Crippen molar-refractivity contribution in [3.8, 4) is 5.75 Å². The number of anilines is 2. The number of nitrogens with two attached hydrogens (primary N) is 1. The van der Waals surface area contributed by atoms with Gasteiger partial charge in [-0.1, -0.05) is 30.3 Å². The van der Waals surface area contributed by atoms with E-state index in [1.54, 1.807) is 36.4 Å². The summed E-state index contributed by atoms with van der Waals surface area (Å²) in [7, 11) is 0. The number of ketones is 1. The van der Waals surface area contributed by atoms with Gasteiger partial charge in [-0.2, -0.15) is 0 Å². The molecule has 0 saturated heterocycles. The van der Waals surface area contributed by atoms with Gasteiger partial charge >= 0.3 is 0 Å². The van der Waals surface area contributed by atoms with Crippen molar-refractivity contribution < 1.29 is 18.7 Å². The molecule has 2 N–H and O–H groups in total. The monoisotopic (exact) mass is 377 g/mol. The predicted octanol–water partition coefficient (Wildman–Crippen LogP) is 3.15. The molecule has 1 aliphatic rings. The zero-order chi connectivity index (χ0) is 19.7. The highest BCUT2D eigenvalue weighted by Crippen LogP contribution is 2.38. The zero-order valence-electron chi connectivity index (χ0n) is 14.7. The number of nitrogen functional groups attached to an aromatic ring is 1. The normalized spacial score (nSPS) is 15.7. The number of rotatable bonds is 4. The van der Waals surface area contributed by atoms with Crippen LogP contribution >= 0.6 is 0 Å². The van der Waals surface area contributed by atoms with E-state index in [9.17, 15) is 14.0 Å². The molecular formula is C21H16FN3O3. The van der Waals surface area contributed by atoms with Crippen molar-refractivity contribution in [3.05, 3.63) is 83.7 Å². The van der Waals surface area contributed by atoms with E-state index in [1.807, 2.05) is 6.07 Å². The van der Waals surface area contributed by atoms with Gasteiger partial charge in [-0.05, 0) is 36.4 Å². The van der Waals surface area contributed by atoms with Crippen molar-refractivity contribution in [1.82, 2.24) is 4.98 Å². The van der Waals surface area contributed by atoms with E-state index < -0.39 is 17.8 Å². The maximum atomic E-state index is 13.1. The number of hydrogen-bond donors (Lipinski definition) is 1. The number of ether oxygens (including phenoxy) is 1. The van der Waals surface area contributed by atoms with Crippen molar-refractivity contribution in [2.24, 2.45) is 0 Å². The molecule has 0 fully saturated rings. The average Bonchev–Trinajstić information content (AvgIpc) is 2.71. The highest BCUT2D eigenvalue weighted by molar-refractivity contribution is 6.08. The fraction of sp³-hybridized carbons (Fsp3) is 0.0952. The molecule has 4 rings (SSSR count). The first kappa shape index (κ1) is 17.7. The summed E-state index contributed by atoms with van der Waals surface area (Å²) in [5.41, 5.74) is 6.72. The Kier molecular flexibility index (Phi) is 4.49. The topological polar surface area (TPSA) is 85.5 Å². The average molecular weight is 377 g/mol. The van der Waals surface area contributed by atoms with Crippen molar-refractivity contribution >= 4 is 23.3 Å². The van der Waals surface area contributed by atoms with E-state index in [0.29, 0.717) is 16.9 Å².